The average Bonchev–Trinajstić information content (AvgIpc) is 3.52. The van der Waals surface area contributed by atoms with Crippen molar-refractivity contribution in [3.63, 3.8) is 0 Å². The van der Waals surface area contributed by atoms with Crippen LogP contribution in [0.25, 0.3) is 11.2 Å². The summed E-state index contributed by atoms with van der Waals surface area (Å²) in [4.78, 5) is 65.0. The van der Waals surface area contributed by atoms with Crippen LogP contribution in [0, 0.1) is 0 Å². The first kappa shape index (κ1) is 32.9. The standard InChI is InChI=1S/C26H29ClN10O7S2/c1-11(23(40)41)44-34-15(14-18(27)46-26(29)32-14)20(38)31-16-21(39)37-17(24(42)43)12(10-45-22(16)37)9-35-7-3-5-13-19(35)33-25(28)36(13)8-4-6-30-2/h3,5,7,11,16,22,28,30H,4,6,8-10H2,1-2H3,(H5,29,31,32,38,40,41,42,43)/p+1/b34-15-/t11-,16?,22+/m0/s1. The number of hydrogen-bond acceptors (Lipinski definition) is 13. The zero-order valence-corrected chi connectivity index (χ0v) is 26.9. The van der Waals surface area contributed by atoms with E-state index in [2.05, 4.69) is 25.8 Å². The van der Waals surface area contributed by atoms with Gasteiger partial charge in [-0.3, -0.25) is 19.1 Å². The number of carboxylic acids is 2. The van der Waals surface area contributed by atoms with Crippen LogP contribution >= 0.6 is 34.7 Å². The average molecular weight is 694 g/mol. The lowest BCUT2D eigenvalue weighted by atomic mass is 10.0. The summed E-state index contributed by atoms with van der Waals surface area (Å²) in [6.45, 7) is 2.77. The Kier molecular flexibility index (Phi) is 9.66. The molecule has 2 aliphatic rings. The first-order valence-corrected chi connectivity index (χ1v) is 16.1. The number of hydrogen-bond donors (Lipinski definition) is 6. The number of carbonyl (C=O) groups excluding carboxylic acids is 2. The molecule has 2 amide bonds. The summed E-state index contributed by atoms with van der Waals surface area (Å²) < 4.78 is 3.67. The summed E-state index contributed by atoms with van der Waals surface area (Å²) in [7, 11) is 1.87. The Bertz CT molecular complexity index is 1790. The van der Waals surface area contributed by atoms with Gasteiger partial charge in [-0.25, -0.2) is 19.1 Å². The van der Waals surface area contributed by atoms with Crippen molar-refractivity contribution < 1.29 is 38.8 Å². The minimum absolute atomic E-state index is 0.00982. The van der Waals surface area contributed by atoms with Crippen LogP contribution in [0.15, 0.2) is 34.8 Å². The Hall–Kier alpha value is -4.46. The molecule has 0 bridgehead atoms. The van der Waals surface area contributed by atoms with Crippen LogP contribution in [0.4, 0.5) is 11.1 Å². The quantitative estimate of drug-likeness (QED) is 0.0449. The maximum absolute atomic E-state index is 13.4. The van der Waals surface area contributed by atoms with E-state index in [0.29, 0.717) is 23.7 Å². The number of halogens is 1. The molecule has 0 saturated carbocycles. The summed E-state index contributed by atoms with van der Waals surface area (Å²) in [6, 6.07) is 2.58. The fourth-order valence-electron chi connectivity index (χ4n) is 4.98. The van der Waals surface area contributed by atoms with Crippen LogP contribution in [-0.4, -0.2) is 96.0 Å². The van der Waals surface area contributed by atoms with Crippen molar-refractivity contribution in [2.45, 2.75) is 44.0 Å². The number of nitrogens with two attached hydrogens (primary N) is 2. The van der Waals surface area contributed by atoms with Crippen LogP contribution in [-0.2, 0) is 37.1 Å². The normalized spacial score (nSPS) is 18.7. The van der Waals surface area contributed by atoms with E-state index in [1.165, 1.54) is 18.7 Å². The number of oxime groups is 1. The number of carboxylic acid groups (broad SMARTS) is 2. The number of amides is 2. The van der Waals surface area contributed by atoms with Gasteiger partial charge in [0, 0.05) is 17.9 Å². The van der Waals surface area contributed by atoms with Gasteiger partial charge >= 0.3 is 23.5 Å². The Balaban J connectivity index is 1.38. The van der Waals surface area contributed by atoms with Gasteiger partial charge in [0.25, 0.3) is 11.8 Å². The lowest BCUT2D eigenvalue weighted by Crippen LogP contribution is -2.71. The monoisotopic (exact) mass is 693 g/mol. The smallest absolute Gasteiger partial charge is 0.352 e. The highest BCUT2D eigenvalue weighted by Crippen LogP contribution is 2.40. The summed E-state index contributed by atoms with van der Waals surface area (Å²) in [5.41, 5.74) is 12.9. The number of anilines is 2. The predicted molar refractivity (Wildman–Crippen MR) is 169 cm³/mol. The zero-order chi connectivity index (χ0) is 33.3. The van der Waals surface area contributed by atoms with E-state index in [4.69, 9.17) is 33.0 Å². The molecule has 1 unspecified atom stereocenters. The van der Waals surface area contributed by atoms with Gasteiger partial charge in [0.2, 0.25) is 6.10 Å². The molecule has 46 heavy (non-hydrogen) atoms. The van der Waals surface area contributed by atoms with Crippen molar-refractivity contribution in [1.82, 2.24) is 30.1 Å². The molecule has 244 valence electrons. The van der Waals surface area contributed by atoms with Crippen molar-refractivity contribution >= 4 is 86.4 Å². The van der Waals surface area contributed by atoms with E-state index in [-0.39, 0.29) is 33.2 Å². The number of aromatic nitrogens is 4. The molecule has 2 aliphatic heterocycles. The highest BCUT2D eigenvalue weighted by molar-refractivity contribution is 8.00. The molecule has 1 saturated heterocycles. The summed E-state index contributed by atoms with van der Waals surface area (Å²) in [5, 5.41) is 27.9. The molecule has 17 nitrogen and oxygen atoms in total. The lowest BCUT2D eigenvalue weighted by Gasteiger charge is -2.49. The van der Waals surface area contributed by atoms with Crippen molar-refractivity contribution in [1.29, 1.82) is 0 Å². The molecule has 5 heterocycles. The Morgan fingerprint density at radius 1 is 1.30 bits per heavy atom. The van der Waals surface area contributed by atoms with Gasteiger partial charge in [-0.1, -0.05) is 28.1 Å². The number of thiazole rings is 1. The van der Waals surface area contributed by atoms with E-state index in [1.54, 1.807) is 10.8 Å². The molecule has 20 heteroatoms. The number of nitrogens with one attached hydrogen (secondary N) is 2. The van der Waals surface area contributed by atoms with Crippen molar-refractivity contribution in [3.05, 3.63) is 39.6 Å². The predicted octanol–water partition coefficient (Wildman–Crippen LogP) is -0.160. The molecule has 3 aromatic heterocycles. The highest BCUT2D eigenvalue weighted by atomic mass is 35.5. The van der Waals surface area contributed by atoms with E-state index >= 15 is 0 Å². The number of thioether (sulfide) groups is 1. The Morgan fingerprint density at radius 2 is 2.07 bits per heavy atom. The van der Waals surface area contributed by atoms with Crippen LogP contribution < -0.4 is 26.7 Å². The molecular formula is C26H30ClN10O7S2+. The molecule has 0 spiro atoms. The van der Waals surface area contributed by atoms with E-state index < -0.39 is 47.0 Å². The van der Waals surface area contributed by atoms with Gasteiger partial charge in [0.05, 0.1) is 6.20 Å². The van der Waals surface area contributed by atoms with Crippen molar-refractivity contribution in [2.24, 2.45) is 5.16 Å². The Labute approximate surface area is 274 Å². The lowest BCUT2D eigenvalue weighted by molar-refractivity contribution is -0.664. The summed E-state index contributed by atoms with van der Waals surface area (Å²) >= 11 is 8.30. The third kappa shape index (κ3) is 6.30. The van der Waals surface area contributed by atoms with Gasteiger partial charge in [-0.15, -0.1) is 11.8 Å². The molecule has 3 atom stereocenters. The molecular weight excluding hydrogens is 664 g/mol. The Morgan fingerprint density at radius 3 is 2.72 bits per heavy atom. The number of β-lactam (4-membered cyclic amide) rings is 1. The molecule has 0 radical (unpaired) electrons. The van der Waals surface area contributed by atoms with Gasteiger partial charge in [-0.05, 0) is 44.1 Å². The zero-order valence-electron chi connectivity index (χ0n) is 24.5. The second-order valence-corrected chi connectivity index (χ2v) is 13.0. The number of imidazole rings is 1. The fourth-order valence-corrected chi connectivity index (χ4v) is 7.25. The maximum Gasteiger partial charge on any atom is 0.352 e. The first-order chi connectivity index (χ1) is 21.9. The fraction of sp³-hybridized carbons (Fsp3) is 0.385. The van der Waals surface area contributed by atoms with Crippen LogP contribution in [0.3, 0.4) is 0 Å². The molecule has 5 rings (SSSR count). The second-order valence-electron chi connectivity index (χ2n) is 10.2. The van der Waals surface area contributed by atoms with Crippen LogP contribution in [0.1, 0.15) is 19.0 Å². The van der Waals surface area contributed by atoms with Crippen molar-refractivity contribution in [2.75, 3.05) is 30.8 Å². The van der Waals surface area contributed by atoms with E-state index in [0.717, 1.165) is 34.7 Å². The maximum atomic E-state index is 13.4. The number of nitrogens with zero attached hydrogens (tertiary/aromatic N) is 6. The summed E-state index contributed by atoms with van der Waals surface area (Å²) in [5.74, 6) is -3.68. The number of aryl methyl sites for hydroxylation is 1. The minimum atomic E-state index is -1.42. The number of carbonyl (C=O) groups is 4. The van der Waals surface area contributed by atoms with Gasteiger partial charge in [0.15, 0.2) is 10.8 Å². The molecule has 0 aliphatic carbocycles. The SMILES string of the molecule is CNCCCn1c(N)nc2c1ccc[n+]2CC1=C(C(=O)O)N2C(=O)C(NC(=O)/C(=N\O[C@@H](C)C(=O)O)c3nc(N)sc3Cl)[C@H]2SC1. The third-order valence-corrected chi connectivity index (χ3v) is 9.63. The van der Waals surface area contributed by atoms with Crippen molar-refractivity contribution in [3.8, 4) is 0 Å². The van der Waals surface area contributed by atoms with Gasteiger partial charge in [-0.2, -0.15) is 0 Å². The number of fused-ring (bicyclic) bond motifs is 2. The largest absolute Gasteiger partial charge is 0.478 e. The number of nitrogen functional groups attached to an aromatic ring is 2. The molecule has 0 aromatic carbocycles. The second kappa shape index (κ2) is 13.5. The first-order valence-electron chi connectivity index (χ1n) is 13.8. The van der Waals surface area contributed by atoms with E-state index in [1.807, 2.05) is 23.7 Å². The van der Waals surface area contributed by atoms with Gasteiger partial charge < -0.3 is 37.2 Å². The van der Waals surface area contributed by atoms with Crippen LogP contribution in [0.2, 0.25) is 4.34 Å². The molecule has 8 N–H and O–H groups in total. The number of rotatable bonds is 13. The number of aliphatic carboxylic acids is 2. The minimum Gasteiger partial charge on any atom is -0.478 e. The highest BCUT2D eigenvalue weighted by Gasteiger charge is 2.54. The van der Waals surface area contributed by atoms with E-state index in [9.17, 15) is 24.3 Å². The summed E-state index contributed by atoms with van der Waals surface area (Å²) in [6.07, 6.45) is 1.18. The van der Waals surface area contributed by atoms with Gasteiger partial charge in [0.1, 0.15) is 39.2 Å². The molecule has 1 fully saturated rings. The van der Waals surface area contributed by atoms with Crippen LogP contribution in [0.5, 0.6) is 0 Å². The molecule has 3 aromatic rings. The topological polar surface area (TPSA) is 244 Å². The number of pyridine rings is 1. The third-order valence-electron chi connectivity index (χ3n) is 7.21.